The quantitative estimate of drug-likeness (QED) is 0.598. The van der Waals surface area contributed by atoms with Crippen LogP contribution in [0.15, 0.2) is 24.3 Å². The molecule has 0 aliphatic heterocycles. The van der Waals surface area contributed by atoms with Gasteiger partial charge in [0.1, 0.15) is 0 Å². The van der Waals surface area contributed by atoms with Gasteiger partial charge >= 0.3 is 0 Å². The predicted octanol–water partition coefficient (Wildman–Crippen LogP) is 3.52. The Morgan fingerprint density at radius 2 is 1.92 bits per heavy atom. The van der Waals surface area contributed by atoms with Gasteiger partial charge in [0, 0.05) is 5.88 Å². The Hall–Kier alpha value is -0.490. The highest BCUT2D eigenvalue weighted by atomic mass is 35.5. The summed E-state index contributed by atoms with van der Waals surface area (Å²) in [7, 11) is 0. The smallest absolute Gasteiger partial charge is 0.0257 e. The molecule has 0 radical (unpaired) electrons. The van der Waals surface area contributed by atoms with Gasteiger partial charge in [0.2, 0.25) is 0 Å². The van der Waals surface area contributed by atoms with Crippen molar-refractivity contribution >= 4 is 11.6 Å². The van der Waals surface area contributed by atoms with Gasteiger partial charge in [0.05, 0.1) is 0 Å². The van der Waals surface area contributed by atoms with E-state index in [0.717, 1.165) is 23.6 Å². The molecular formula is C12H13Cl. The van der Waals surface area contributed by atoms with Crippen molar-refractivity contribution in [1.82, 2.24) is 0 Å². The molecule has 2 aliphatic carbocycles. The summed E-state index contributed by atoms with van der Waals surface area (Å²) in [5, 5.41) is 0. The molecule has 0 unspecified atom stereocenters. The molecule has 0 aromatic heterocycles. The molecule has 68 valence electrons. The summed E-state index contributed by atoms with van der Waals surface area (Å²) in [6, 6.07) is 8.91. The third-order valence-electron chi connectivity index (χ3n) is 3.73. The lowest BCUT2D eigenvalue weighted by atomic mass is 9.85. The maximum atomic E-state index is 5.97. The molecule has 0 spiro atoms. The van der Waals surface area contributed by atoms with E-state index in [-0.39, 0.29) is 0 Å². The normalized spacial score (nSPS) is 35.0. The largest absolute Gasteiger partial charge is 0.126 e. The van der Waals surface area contributed by atoms with Crippen LogP contribution in [0, 0.1) is 5.92 Å². The van der Waals surface area contributed by atoms with Crippen molar-refractivity contribution in [2.75, 3.05) is 5.88 Å². The Kier molecular flexibility index (Phi) is 1.66. The van der Waals surface area contributed by atoms with Gasteiger partial charge in [-0.1, -0.05) is 24.3 Å². The zero-order valence-electron chi connectivity index (χ0n) is 7.54. The topological polar surface area (TPSA) is 0 Å². The highest BCUT2D eigenvalue weighted by Crippen LogP contribution is 2.56. The molecule has 1 aromatic carbocycles. The zero-order valence-corrected chi connectivity index (χ0v) is 8.30. The minimum Gasteiger partial charge on any atom is -0.126 e. The van der Waals surface area contributed by atoms with E-state index >= 15 is 0 Å². The van der Waals surface area contributed by atoms with Gasteiger partial charge in [-0.15, -0.1) is 11.6 Å². The minimum absolute atomic E-state index is 0.751. The summed E-state index contributed by atoms with van der Waals surface area (Å²) in [6.45, 7) is 0. The Balaban J connectivity index is 2.07. The second kappa shape index (κ2) is 2.75. The first kappa shape index (κ1) is 7.87. The molecule has 13 heavy (non-hydrogen) atoms. The molecular weight excluding hydrogens is 180 g/mol. The van der Waals surface area contributed by atoms with Gasteiger partial charge in [-0.3, -0.25) is 0 Å². The molecule has 0 N–H and O–H groups in total. The first-order chi connectivity index (χ1) is 6.40. The van der Waals surface area contributed by atoms with E-state index in [1.54, 1.807) is 11.1 Å². The Labute approximate surface area is 83.9 Å². The molecule has 1 heteroatoms. The molecule has 0 nitrogen and oxygen atoms in total. The van der Waals surface area contributed by atoms with E-state index in [2.05, 4.69) is 24.3 Å². The fourth-order valence-electron chi connectivity index (χ4n) is 3.15. The van der Waals surface area contributed by atoms with Crippen LogP contribution in [0.25, 0.3) is 0 Å². The molecule has 1 saturated carbocycles. The fourth-order valence-corrected chi connectivity index (χ4v) is 3.49. The summed E-state index contributed by atoms with van der Waals surface area (Å²) in [5.74, 6) is 3.19. The molecule has 0 saturated heterocycles. The maximum Gasteiger partial charge on any atom is 0.0257 e. The monoisotopic (exact) mass is 192 g/mol. The zero-order chi connectivity index (χ0) is 8.84. The summed E-state index contributed by atoms with van der Waals surface area (Å²) in [5.41, 5.74) is 3.19. The van der Waals surface area contributed by atoms with E-state index in [1.165, 1.54) is 12.8 Å². The summed E-state index contributed by atoms with van der Waals surface area (Å²) >= 11 is 5.97. The SMILES string of the molecule is ClC[C@H]1C[C@@H]2C[C@H]1c1ccccc12. The number of alkyl halides is 1. The van der Waals surface area contributed by atoms with Crippen molar-refractivity contribution in [3.8, 4) is 0 Å². The predicted molar refractivity (Wildman–Crippen MR) is 55.4 cm³/mol. The minimum atomic E-state index is 0.751. The van der Waals surface area contributed by atoms with Crippen molar-refractivity contribution in [1.29, 1.82) is 0 Å². The molecule has 3 atom stereocenters. The standard InChI is InChI=1S/C12H13Cl/c13-7-9-5-8-6-12(9)11-4-2-1-3-10(8)11/h1-4,8-9,12H,5-7H2/t8-,9-,12-/m1/s1. The number of halogens is 1. The van der Waals surface area contributed by atoms with Gasteiger partial charge in [-0.2, -0.15) is 0 Å². The van der Waals surface area contributed by atoms with Gasteiger partial charge in [-0.25, -0.2) is 0 Å². The van der Waals surface area contributed by atoms with E-state index in [0.29, 0.717) is 0 Å². The van der Waals surface area contributed by atoms with Crippen molar-refractivity contribution in [3.63, 3.8) is 0 Å². The highest BCUT2D eigenvalue weighted by Gasteiger charge is 2.42. The Morgan fingerprint density at radius 3 is 2.69 bits per heavy atom. The maximum absolute atomic E-state index is 5.97. The second-order valence-corrected chi connectivity index (χ2v) is 4.63. The number of benzene rings is 1. The Bertz CT molecular complexity index is 330. The molecule has 2 bridgehead atoms. The lowest BCUT2D eigenvalue weighted by molar-refractivity contribution is 0.520. The third-order valence-corrected chi connectivity index (χ3v) is 4.12. The van der Waals surface area contributed by atoms with Gasteiger partial charge in [-0.05, 0) is 41.7 Å². The van der Waals surface area contributed by atoms with Gasteiger partial charge in [0.15, 0.2) is 0 Å². The van der Waals surface area contributed by atoms with Crippen molar-refractivity contribution in [3.05, 3.63) is 35.4 Å². The van der Waals surface area contributed by atoms with Crippen LogP contribution in [-0.4, -0.2) is 5.88 Å². The van der Waals surface area contributed by atoms with Crippen LogP contribution in [0.4, 0.5) is 0 Å². The number of hydrogen-bond donors (Lipinski definition) is 0. The van der Waals surface area contributed by atoms with Gasteiger partial charge < -0.3 is 0 Å². The van der Waals surface area contributed by atoms with Crippen molar-refractivity contribution < 1.29 is 0 Å². The summed E-state index contributed by atoms with van der Waals surface area (Å²) in [4.78, 5) is 0. The highest BCUT2D eigenvalue weighted by molar-refractivity contribution is 6.18. The second-order valence-electron chi connectivity index (χ2n) is 4.32. The first-order valence-corrected chi connectivity index (χ1v) is 5.58. The van der Waals surface area contributed by atoms with Crippen LogP contribution in [0.3, 0.4) is 0 Å². The Morgan fingerprint density at radius 1 is 1.15 bits per heavy atom. The molecule has 3 rings (SSSR count). The molecule has 1 fully saturated rings. The molecule has 1 aromatic rings. The molecule has 0 heterocycles. The molecule has 2 aliphatic rings. The van der Waals surface area contributed by atoms with Crippen LogP contribution in [0.5, 0.6) is 0 Å². The van der Waals surface area contributed by atoms with Crippen molar-refractivity contribution in [2.24, 2.45) is 5.92 Å². The number of hydrogen-bond acceptors (Lipinski definition) is 0. The van der Waals surface area contributed by atoms with Crippen LogP contribution in [-0.2, 0) is 0 Å². The third kappa shape index (κ3) is 0.985. The van der Waals surface area contributed by atoms with E-state index in [1.807, 2.05) is 0 Å². The van der Waals surface area contributed by atoms with Gasteiger partial charge in [0.25, 0.3) is 0 Å². The first-order valence-electron chi connectivity index (χ1n) is 5.05. The number of fused-ring (bicyclic) bond motifs is 5. The van der Waals surface area contributed by atoms with Crippen LogP contribution in [0.1, 0.15) is 35.8 Å². The fraction of sp³-hybridized carbons (Fsp3) is 0.500. The van der Waals surface area contributed by atoms with E-state index < -0.39 is 0 Å². The van der Waals surface area contributed by atoms with Crippen LogP contribution >= 0.6 is 11.6 Å². The average Bonchev–Trinajstić information content (AvgIpc) is 2.75. The van der Waals surface area contributed by atoms with E-state index in [9.17, 15) is 0 Å². The number of rotatable bonds is 1. The van der Waals surface area contributed by atoms with Crippen molar-refractivity contribution in [2.45, 2.75) is 24.7 Å². The van der Waals surface area contributed by atoms with Crippen LogP contribution < -0.4 is 0 Å². The lowest BCUT2D eigenvalue weighted by Gasteiger charge is -2.22. The van der Waals surface area contributed by atoms with Crippen LogP contribution in [0.2, 0.25) is 0 Å². The molecule has 0 amide bonds. The summed E-state index contributed by atoms with van der Waals surface area (Å²) in [6.07, 6.45) is 2.68. The summed E-state index contributed by atoms with van der Waals surface area (Å²) < 4.78 is 0. The average molecular weight is 193 g/mol. The lowest BCUT2D eigenvalue weighted by Crippen LogP contribution is -2.11. The van der Waals surface area contributed by atoms with E-state index in [4.69, 9.17) is 11.6 Å².